The molecule has 0 atom stereocenters. The molecule has 0 radical (unpaired) electrons. The zero-order chi connectivity index (χ0) is 38.8. The van der Waals surface area contributed by atoms with Crippen molar-refractivity contribution in [1.82, 2.24) is 0 Å². The molecule has 0 spiro atoms. The molecule has 6 aromatic carbocycles. The van der Waals surface area contributed by atoms with E-state index in [4.69, 9.17) is 13.7 Å². The second-order valence-corrected chi connectivity index (χ2v) is 15.1. The lowest BCUT2D eigenvalue weighted by molar-refractivity contribution is -0.00000823. The molecule has 0 saturated heterocycles. The molecule has 0 aliphatic heterocycles. The van der Waals surface area contributed by atoms with Crippen molar-refractivity contribution in [1.29, 1.82) is 0 Å². The lowest BCUT2D eigenvalue weighted by Crippen LogP contribution is -3.00. The van der Waals surface area contributed by atoms with E-state index in [0.29, 0.717) is 0 Å². The fourth-order valence-electron chi connectivity index (χ4n) is 4.77. The van der Waals surface area contributed by atoms with Crippen LogP contribution in [0.1, 0.15) is 27.4 Å². The van der Waals surface area contributed by atoms with Gasteiger partial charge in [-0.2, -0.15) is 0 Å². The molecule has 4 heteroatoms. The summed E-state index contributed by atoms with van der Waals surface area (Å²) in [5.74, 6) is 0. The van der Waals surface area contributed by atoms with Crippen molar-refractivity contribution in [2.45, 2.75) is 13.7 Å². The van der Waals surface area contributed by atoms with Gasteiger partial charge in [-0.05, 0) is 71.5 Å². The van der Waals surface area contributed by atoms with Gasteiger partial charge in [0, 0.05) is 11.0 Å². The molecule has 224 valence electrons. The van der Waals surface area contributed by atoms with Gasteiger partial charge in [-0.3, -0.25) is 0 Å². The second-order valence-electron chi connectivity index (χ2n) is 9.23. The highest BCUT2D eigenvalue weighted by atomic mass is 127. The molecule has 0 N–H and O–H groups in total. The number of benzene rings is 6. The first-order valence-corrected chi connectivity index (χ1v) is 17.9. The second kappa shape index (κ2) is 19.9. The molecule has 6 aromatic rings. The van der Waals surface area contributed by atoms with Crippen LogP contribution in [-0.2, 0) is 0 Å². The Morgan fingerprint density at radius 1 is 0.477 bits per heavy atom. The Labute approximate surface area is 311 Å². The van der Waals surface area contributed by atoms with Crippen molar-refractivity contribution >= 4 is 69.6 Å². The minimum atomic E-state index is -3.11. The first kappa shape index (κ1) is 23.9. The molecule has 0 bridgehead atoms. The topological polar surface area (TPSA) is 0 Å². The summed E-state index contributed by atoms with van der Waals surface area (Å²) >= 11 is 1.25. The predicted molar refractivity (Wildman–Crippen MR) is 205 cm³/mol. The smallest absolute Gasteiger partial charge is 0.111 e. The van der Waals surface area contributed by atoms with Crippen LogP contribution in [0.25, 0.3) is 0 Å². The minimum absolute atomic E-state index is 0. The van der Waals surface area contributed by atoms with Gasteiger partial charge in [0.1, 0.15) is 23.2 Å². The highest BCUT2D eigenvalue weighted by Crippen LogP contribution is 2.54. The summed E-state index contributed by atoms with van der Waals surface area (Å²) in [5.41, 5.74) is 0. The molecule has 0 fully saturated rings. The Bertz CT molecular complexity index is 1740. The third-order valence-electron chi connectivity index (χ3n) is 6.64. The van der Waals surface area contributed by atoms with Gasteiger partial charge >= 0.3 is 0 Å². The van der Waals surface area contributed by atoms with Crippen LogP contribution in [0.4, 0.5) is 0 Å². The van der Waals surface area contributed by atoms with Gasteiger partial charge in [0.25, 0.3) is 0 Å². The number of halogens is 2. The highest BCUT2D eigenvalue weighted by molar-refractivity contribution is 14.1. The molecule has 0 aliphatic carbocycles. The van der Waals surface area contributed by atoms with Gasteiger partial charge < -0.3 is 24.0 Å². The molecule has 0 heterocycles. The van der Waals surface area contributed by atoms with Crippen LogP contribution >= 0.6 is 37.8 Å². The van der Waals surface area contributed by atoms with Gasteiger partial charge in [-0.25, -0.2) is 0 Å². The molecule has 44 heavy (non-hydrogen) atoms. The van der Waals surface area contributed by atoms with Crippen molar-refractivity contribution in [3.63, 3.8) is 0 Å². The molecule has 6 rings (SSSR count). The van der Waals surface area contributed by atoms with Crippen molar-refractivity contribution in [3.8, 4) is 0 Å². The Morgan fingerprint density at radius 3 is 0.955 bits per heavy atom. The summed E-state index contributed by atoms with van der Waals surface area (Å²) in [7, 11) is -3.55. The molecular weight excluding hydrogens is 796 g/mol. The highest BCUT2D eigenvalue weighted by Gasteiger charge is 2.43. The molecule has 0 saturated carbocycles. The molecule has 0 aliphatic rings. The summed E-state index contributed by atoms with van der Waals surface area (Å²) in [6.45, 7) is -5.27. The SMILES string of the molecule is [2H]C([2H])([2H])C([2H])([2H])I.[2H]C([2H])([2H])C([2H])([2H])[P+](c1ccccc1)(c1ccccc1)c1ccccc1.[I-].c1ccc(P(c2ccccc2)c2ccccc2)cc1. The zero-order valence-electron chi connectivity index (χ0n) is 34.0. The van der Waals surface area contributed by atoms with Gasteiger partial charge in [-0.1, -0.05) is 175 Å². The van der Waals surface area contributed by atoms with Crippen LogP contribution < -0.4 is 55.8 Å². The third-order valence-corrected chi connectivity index (χ3v) is 12.6. The average Bonchev–Trinajstić information content (AvgIpc) is 3.14. The van der Waals surface area contributed by atoms with Crippen LogP contribution in [0.2, 0.25) is 0 Å². The number of hydrogen-bond acceptors (Lipinski definition) is 0. The molecular formula is C40H40I2P2. The van der Waals surface area contributed by atoms with Crippen LogP contribution in [0.15, 0.2) is 182 Å². The predicted octanol–water partition coefficient (Wildman–Crippen LogP) is 5.89. The Hall–Kier alpha value is -2.36. The molecule has 0 amide bonds. The van der Waals surface area contributed by atoms with Crippen molar-refractivity contribution in [2.24, 2.45) is 0 Å². The van der Waals surface area contributed by atoms with Gasteiger partial charge in [0.05, 0.1) is 8.86 Å². The van der Waals surface area contributed by atoms with E-state index in [1.54, 1.807) is 0 Å². The Morgan fingerprint density at radius 2 is 0.727 bits per heavy atom. The fraction of sp³-hybridized carbons (Fsp3) is 0.100. The largest absolute Gasteiger partial charge is 1.00 e. The fourth-order valence-corrected chi connectivity index (χ4v) is 10.2. The van der Waals surface area contributed by atoms with E-state index in [0.717, 1.165) is 15.9 Å². The number of hydrogen-bond donors (Lipinski definition) is 0. The van der Waals surface area contributed by atoms with Crippen LogP contribution in [0, 0.1) is 0 Å². The van der Waals surface area contributed by atoms with E-state index in [9.17, 15) is 0 Å². The molecule has 0 nitrogen and oxygen atoms in total. The summed E-state index contributed by atoms with van der Waals surface area (Å²) in [5, 5.41) is 6.36. The van der Waals surface area contributed by atoms with Crippen LogP contribution in [-0.4, -0.2) is 10.5 Å². The lowest BCUT2D eigenvalue weighted by Gasteiger charge is -2.26. The van der Waals surface area contributed by atoms with E-state index in [-0.39, 0.29) is 24.0 Å². The van der Waals surface area contributed by atoms with E-state index in [2.05, 4.69) is 91.0 Å². The monoisotopic (exact) mass is 846 g/mol. The summed E-state index contributed by atoms with van der Waals surface area (Å²) in [6.07, 6.45) is -2.43. The number of alkyl halides is 1. The normalized spacial score (nSPS) is 15.0. The Balaban J connectivity index is 0.000000245. The van der Waals surface area contributed by atoms with E-state index in [1.807, 2.05) is 91.0 Å². The minimum Gasteiger partial charge on any atom is -1.00 e. The lowest BCUT2D eigenvalue weighted by atomic mass is 10.4. The summed E-state index contributed by atoms with van der Waals surface area (Å²) in [4.78, 5) is 0. The van der Waals surface area contributed by atoms with Crippen molar-refractivity contribution < 1.29 is 37.7 Å². The first-order valence-electron chi connectivity index (χ1n) is 18.7. The van der Waals surface area contributed by atoms with Gasteiger partial charge in [-0.15, -0.1) is 0 Å². The van der Waals surface area contributed by atoms with Crippen LogP contribution in [0.3, 0.4) is 0 Å². The number of rotatable bonds is 7. The Kier molecular flexibility index (Phi) is 10.8. The molecule has 0 aromatic heterocycles. The van der Waals surface area contributed by atoms with E-state index in [1.165, 1.54) is 38.5 Å². The van der Waals surface area contributed by atoms with Crippen molar-refractivity contribution in [2.75, 3.05) is 10.5 Å². The van der Waals surface area contributed by atoms with Gasteiger partial charge in [0.2, 0.25) is 0 Å². The summed E-state index contributed by atoms with van der Waals surface area (Å²) in [6, 6.07) is 60.0. The maximum atomic E-state index is 8.85. The maximum absolute atomic E-state index is 8.85. The third kappa shape index (κ3) is 9.57. The van der Waals surface area contributed by atoms with E-state index < -0.39 is 39.4 Å². The van der Waals surface area contributed by atoms with Gasteiger partial charge in [0.15, 0.2) is 0 Å². The zero-order valence-corrected chi connectivity index (χ0v) is 30.1. The quantitative estimate of drug-likeness (QED) is 0.107. The average molecular weight is 847 g/mol. The standard InChI is InChI=1S/C20H20P.C18H15P.C2H5I.HI/c1-2-21(18-12-6-3-7-13-18,19-14-8-4-9-15-19)20-16-10-5-11-17-20;1-4-10-16(11-5-1)19(17-12-6-2-7-13-17)18-14-8-3-9-15-18;1-2-3;/h3-17H,2H2,1H3;1-15H;2H2,1H3;1H/q+1;;;/p-1/i1D3,2D2;;1D3,2D2;. The van der Waals surface area contributed by atoms with Crippen LogP contribution in [0.5, 0.6) is 0 Å². The maximum Gasteiger partial charge on any atom is 0.111 e. The first-order chi connectivity index (χ1) is 25.0. The van der Waals surface area contributed by atoms with E-state index >= 15 is 0 Å². The summed E-state index contributed by atoms with van der Waals surface area (Å²) < 4.78 is 72.6. The molecule has 0 unspecified atom stereocenters. The van der Waals surface area contributed by atoms with Crippen molar-refractivity contribution in [3.05, 3.63) is 182 Å².